The average Bonchev–Trinajstić information content (AvgIpc) is 3.37. The molecule has 0 atom stereocenters. The molecule has 22 heavy (non-hydrogen) atoms. The highest BCUT2D eigenvalue weighted by Crippen LogP contribution is 2.31. The number of methoxy groups -OCH3 is 1. The molecule has 0 radical (unpaired) electrons. The molecular weight excluding hydrogens is 283 g/mol. The molecule has 1 heterocycles. The quantitative estimate of drug-likeness (QED) is 0.923. The van der Waals surface area contributed by atoms with E-state index in [2.05, 4.69) is 10.3 Å². The third-order valence-electron chi connectivity index (χ3n) is 3.72. The van der Waals surface area contributed by atoms with Gasteiger partial charge in [0.1, 0.15) is 11.6 Å². The van der Waals surface area contributed by atoms with E-state index in [4.69, 9.17) is 4.74 Å². The molecule has 1 aromatic heterocycles. The van der Waals surface area contributed by atoms with Crippen molar-refractivity contribution in [1.29, 1.82) is 0 Å². The van der Waals surface area contributed by atoms with Gasteiger partial charge in [0.25, 0.3) is 5.91 Å². The van der Waals surface area contributed by atoms with Crippen molar-refractivity contribution < 1.29 is 13.9 Å². The van der Waals surface area contributed by atoms with Crippen molar-refractivity contribution in [2.75, 3.05) is 13.7 Å². The lowest BCUT2D eigenvalue weighted by Gasteiger charge is -2.10. The minimum absolute atomic E-state index is 0.156. The summed E-state index contributed by atoms with van der Waals surface area (Å²) in [6.45, 7) is 0.701. The summed E-state index contributed by atoms with van der Waals surface area (Å²) in [5.41, 5.74) is 1.69. The second kappa shape index (κ2) is 6.13. The summed E-state index contributed by atoms with van der Waals surface area (Å²) < 4.78 is 18.7. The van der Waals surface area contributed by atoms with E-state index in [1.54, 1.807) is 18.3 Å². The number of nitrogens with one attached hydrogen (secondary N) is 1. The van der Waals surface area contributed by atoms with E-state index in [0.717, 1.165) is 0 Å². The highest BCUT2D eigenvalue weighted by Gasteiger charge is 2.22. The zero-order valence-corrected chi connectivity index (χ0v) is 12.3. The fourth-order valence-electron chi connectivity index (χ4n) is 2.28. The van der Waals surface area contributed by atoms with Gasteiger partial charge in [0.05, 0.1) is 12.7 Å². The summed E-state index contributed by atoms with van der Waals surface area (Å²) in [5, 5.41) is 2.90. The summed E-state index contributed by atoms with van der Waals surface area (Å²) in [5.74, 6) is 0.637. The fraction of sp³-hybridized carbons (Fsp3) is 0.294. The number of pyridine rings is 1. The molecule has 0 spiro atoms. The Kier molecular flexibility index (Phi) is 4.04. The number of ether oxygens (including phenoxy) is 1. The van der Waals surface area contributed by atoms with Crippen molar-refractivity contribution in [1.82, 2.24) is 10.3 Å². The van der Waals surface area contributed by atoms with Gasteiger partial charge in [-0.3, -0.25) is 9.78 Å². The van der Waals surface area contributed by atoms with Crippen LogP contribution in [0, 0.1) is 11.7 Å². The van der Waals surface area contributed by atoms with Gasteiger partial charge in [-0.25, -0.2) is 4.39 Å². The fourth-order valence-corrected chi connectivity index (χ4v) is 2.28. The topological polar surface area (TPSA) is 51.2 Å². The Bertz CT molecular complexity index is 699. The highest BCUT2D eigenvalue weighted by atomic mass is 19.1. The highest BCUT2D eigenvalue weighted by molar-refractivity contribution is 5.95. The standard InChI is InChI=1S/C17H17FN2O2/c1-22-16-5-4-14(18)7-15(16)12-6-13(10-19-9-12)17(21)20-8-11-2-3-11/h4-7,9-11H,2-3,8H2,1H3,(H,20,21). The van der Waals surface area contributed by atoms with Gasteiger partial charge in [-0.1, -0.05) is 0 Å². The third-order valence-corrected chi connectivity index (χ3v) is 3.72. The van der Waals surface area contributed by atoms with Gasteiger partial charge in [-0.2, -0.15) is 0 Å². The smallest absolute Gasteiger partial charge is 0.252 e. The number of carbonyl (C=O) groups excluding carboxylic acids is 1. The third kappa shape index (κ3) is 3.24. The van der Waals surface area contributed by atoms with E-state index >= 15 is 0 Å². The molecule has 3 rings (SSSR count). The van der Waals surface area contributed by atoms with Gasteiger partial charge in [0, 0.05) is 30.1 Å². The molecule has 1 fully saturated rings. The van der Waals surface area contributed by atoms with Crippen molar-refractivity contribution >= 4 is 5.91 Å². The van der Waals surface area contributed by atoms with Gasteiger partial charge in [-0.05, 0) is 43.0 Å². The molecule has 4 nitrogen and oxygen atoms in total. The zero-order valence-electron chi connectivity index (χ0n) is 12.3. The molecule has 114 valence electrons. The van der Waals surface area contributed by atoms with Crippen molar-refractivity contribution in [3.8, 4) is 16.9 Å². The predicted molar refractivity (Wildman–Crippen MR) is 81.2 cm³/mol. The summed E-state index contributed by atoms with van der Waals surface area (Å²) in [6, 6.07) is 5.97. The van der Waals surface area contributed by atoms with Gasteiger partial charge in [0.2, 0.25) is 0 Å². The summed E-state index contributed by atoms with van der Waals surface area (Å²) in [6.07, 6.45) is 5.46. The number of benzene rings is 1. The van der Waals surface area contributed by atoms with Gasteiger partial charge >= 0.3 is 0 Å². The van der Waals surface area contributed by atoms with Crippen molar-refractivity contribution in [3.05, 3.63) is 48.0 Å². The first-order valence-electron chi connectivity index (χ1n) is 7.24. The zero-order chi connectivity index (χ0) is 15.5. The number of hydrogen-bond donors (Lipinski definition) is 1. The summed E-state index contributed by atoms with van der Waals surface area (Å²) in [7, 11) is 1.52. The van der Waals surface area contributed by atoms with Crippen LogP contribution < -0.4 is 10.1 Å². The maximum absolute atomic E-state index is 13.5. The van der Waals surface area contributed by atoms with E-state index in [0.29, 0.717) is 34.9 Å². The molecule has 0 bridgehead atoms. The summed E-state index contributed by atoms with van der Waals surface area (Å²) >= 11 is 0. The molecule has 1 aromatic carbocycles. The molecule has 5 heteroatoms. The van der Waals surface area contributed by atoms with Gasteiger partial charge in [0.15, 0.2) is 0 Å². The molecule has 1 aliphatic carbocycles. The number of halogens is 1. The van der Waals surface area contributed by atoms with E-state index in [1.807, 2.05) is 0 Å². The lowest BCUT2D eigenvalue weighted by Crippen LogP contribution is -2.25. The van der Waals surface area contributed by atoms with E-state index in [1.165, 1.54) is 38.3 Å². The van der Waals surface area contributed by atoms with Crippen LogP contribution in [0.15, 0.2) is 36.7 Å². The second-order valence-corrected chi connectivity index (χ2v) is 5.46. The van der Waals surface area contributed by atoms with Crippen LogP contribution in [-0.4, -0.2) is 24.5 Å². The molecule has 0 saturated heterocycles. The summed E-state index contributed by atoms with van der Waals surface area (Å²) in [4.78, 5) is 16.2. The molecule has 1 aliphatic rings. The molecule has 1 saturated carbocycles. The predicted octanol–water partition coefficient (Wildman–Crippen LogP) is 3.04. The molecular formula is C17H17FN2O2. The Hall–Kier alpha value is -2.43. The number of hydrogen-bond acceptors (Lipinski definition) is 3. The molecule has 1 N–H and O–H groups in total. The Morgan fingerprint density at radius 3 is 2.91 bits per heavy atom. The number of nitrogens with zero attached hydrogens (tertiary/aromatic N) is 1. The first kappa shape index (κ1) is 14.5. The van der Waals surface area contributed by atoms with Crippen LogP contribution in [0.2, 0.25) is 0 Å². The minimum Gasteiger partial charge on any atom is -0.496 e. The first-order valence-corrected chi connectivity index (χ1v) is 7.24. The number of carbonyl (C=O) groups is 1. The lowest BCUT2D eigenvalue weighted by molar-refractivity contribution is 0.0951. The Morgan fingerprint density at radius 1 is 1.36 bits per heavy atom. The van der Waals surface area contributed by atoms with Crippen molar-refractivity contribution in [2.24, 2.45) is 5.92 Å². The molecule has 1 amide bonds. The SMILES string of the molecule is COc1ccc(F)cc1-c1cncc(C(=O)NCC2CC2)c1. The maximum atomic E-state index is 13.5. The molecule has 0 unspecified atom stereocenters. The monoisotopic (exact) mass is 300 g/mol. The van der Waals surface area contributed by atoms with Crippen LogP contribution in [0.4, 0.5) is 4.39 Å². The van der Waals surface area contributed by atoms with E-state index in [9.17, 15) is 9.18 Å². The van der Waals surface area contributed by atoms with Crippen LogP contribution in [0.1, 0.15) is 23.2 Å². The van der Waals surface area contributed by atoms with Crippen LogP contribution in [0.5, 0.6) is 5.75 Å². The second-order valence-electron chi connectivity index (χ2n) is 5.46. The van der Waals surface area contributed by atoms with Crippen LogP contribution in [0.25, 0.3) is 11.1 Å². The van der Waals surface area contributed by atoms with E-state index < -0.39 is 0 Å². The normalized spacial score (nSPS) is 13.7. The lowest BCUT2D eigenvalue weighted by atomic mass is 10.0. The Balaban J connectivity index is 1.86. The number of amides is 1. The average molecular weight is 300 g/mol. The molecule has 2 aromatic rings. The van der Waals surface area contributed by atoms with Crippen LogP contribution in [-0.2, 0) is 0 Å². The first-order chi connectivity index (χ1) is 10.7. The van der Waals surface area contributed by atoms with Gasteiger partial charge < -0.3 is 10.1 Å². The van der Waals surface area contributed by atoms with Crippen LogP contribution >= 0.6 is 0 Å². The Morgan fingerprint density at radius 2 is 2.18 bits per heavy atom. The van der Waals surface area contributed by atoms with Crippen molar-refractivity contribution in [3.63, 3.8) is 0 Å². The minimum atomic E-state index is -0.362. The maximum Gasteiger partial charge on any atom is 0.252 e. The Labute approximate surface area is 128 Å². The van der Waals surface area contributed by atoms with Crippen LogP contribution in [0.3, 0.4) is 0 Å². The largest absolute Gasteiger partial charge is 0.496 e. The van der Waals surface area contributed by atoms with Gasteiger partial charge in [-0.15, -0.1) is 0 Å². The van der Waals surface area contributed by atoms with E-state index in [-0.39, 0.29) is 11.7 Å². The van der Waals surface area contributed by atoms with Crippen molar-refractivity contribution in [2.45, 2.75) is 12.8 Å². The molecule has 0 aliphatic heterocycles. The number of aromatic nitrogens is 1. The number of rotatable bonds is 5.